The van der Waals surface area contributed by atoms with Crippen LogP contribution in [-0.4, -0.2) is 9.61 Å². The first-order chi connectivity index (χ1) is 8.74. The number of ether oxygens (including phenoxy) is 1. The molecule has 0 unspecified atom stereocenters. The number of nitrogen functional groups attached to an aromatic ring is 1. The van der Waals surface area contributed by atoms with Crippen LogP contribution < -0.4 is 10.5 Å². The molecule has 3 rings (SSSR count). The number of fused-ring (bicyclic) bond motifs is 1. The summed E-state index contributed by atoms with van der Waals surface area (Å²) in [6.45, 7) is 0. The normalized spacial score (nSPS) is 10.7. The Bertz CT molecular complexity index is 708. The largest absolute Gasteiger partial charge is 0.450 e. The predicted molar refractivity (Wildman–Crippen MR) is 66.1 cm³/mol. The van der Waals surface area contributed by atoms with Crippen molar-refractivity contribution in [1.29, 1.82) is 0 Å². The number of nitrogens with two attached hydrogens (primary N) is 1. The van der Waals surface area contributed by atoms with E-state index in [0.29, 0.717) is 11.4 Å². The van der Waals surface area contributed by atoms with Crippen molar-refractivity contribution in [2.45, 2.75) is 0 Å². The Morgan fingerprint density at radius 1 is 1.17 bits per heavy atom. The summed E-state index contributed by atoms with van der Waals surface area (Å²) < 4.78 is 20.8. The molecule has 0 saturated carbocycles. The van der Waals surface area contributed by atoms with E-state index >= 15 is 0 Å². The topological polar surface area (TPSA) is 52.5 Å². The standard InChI is InChI=1S/C13H10FN3O/c14-10-7-9(15)4-5-12(10)18-13-8-16-17-6-2-1-3-11(13)17/h1-8H,15H2. The molecule has 4 nitrogen and oxygen atoms in total. The quantitative estimate of drug-likeness (QED) is 0.704. The minimum atomic E-state index is -0.495. The monoisotopic (exact) mass is 243 g/mol. The van der Waals surface area contributed by atoms with Crippen LogP contribution in [-0.2, 0) is 0 Å². The van der Waals surface area contributed by atoms with E-state index in [4.69, 9.17) is 10.5 Å². The molecule has 0 atom stereocenters. The average Bonchev–Trinajstić information content (AvgIpc) is 2.76. The lowest BCUT2D eigenvalue weighted by Gasteiger charge is -2.05. The number of nitrogens with zero attached hydrogens (tertiary/aromatic N) is 2. The third-order valence-electron chi connectivity index (χ3n) is 2.57. The summed E-state index contributed by atoms with van der Waals surface area (Å²) in [5.41, 5.74) is 6.61. The predicted octanol–water partition coefficient (Wildman–Crippen LogP) is 2.85. The number of hydrogen-bond acceptors (Lipinski definition) is 3. The van der Waals surface area contributed by atoms with Gasteiger partial charge in [-0.05, 0) is 24.3 Å². The molecular formula is C13H10FN3O. The lowest BCUT2D eigenvalue weighted by atomic mass is 10.3. The van der Waals surface area contributed by atoms with Gasteiger partial charge in [-0.3, -0.25) is 0 Å². The van der Waals surface area contributed by atoms with Gasteiger partial charge in [0.05, 0.1) is 6.20 Å². The van der Waals surface area contributed by atoms with Gasteiger partial charge in [-0.15, -0.1) is 0 Å². The van der Waals surface area contributed by atoms with Gasteiger partial charge in [0, 0.05) is 18.0 Å². The van der Waals surface area contributed by atoms with E-state index in [1.165, 1.54) is 12.1 Å². The van der Waals surface area contributed by atoms with Gasteiger partial charge in [0.15, 0.2) is 17.3 Å². The summed E-state index contributed by atoms with van der Waals surface area (Å²) in [6.07, 6.45) is 3.34. The summed E-state index contributed by atoms with van der Waals surface area (Å²) >= 11 is 0. The maximum atomic E-state index is 13.6. The van der Waals surface area contributed by atoms with Gasteiger partial charge in [-0.2, -0.15) is 5.10 Å². The van der Waals surface area contributed by atoms with E-state index in [0.717, 1.165) is 5.52 Å². The number of pyridine rings is 1. The molecule has 0 fully saturated rings. The van der Waals surface area contributed by atoms with Crippen LogP contribution in [0.2, 0.25) is 0 Å². The fourth-order valence-corrected chi connectivity index (χ4v) is 1.71. The third kappa shape index (κ3) is 1.75. The van der Waals surface area contributed by atoms with Gasteiger partial charge >= 0.3 is 0 Å². The van der Waals surface area contributed by atoms with Crippen molar-refractivity contribution in [3.63, 3.8) is 0 Å². The van der Waals surface area contributed by atoms with E-state index in [9.17, 15) is 4.39 Å². The lowest BCUT2D eigenvalue weighted by molar-refractivity contribution is 0.446. The maximum Gasteiger partial charge on any atom is 0.173 e. The van der Waals surface area contributed by atoms with Crippen LogP contribution in [0.1, 0.15) is 0 Å². The number of anilines is 1. The molecule has 0 amide bonds. The molecule has 0 aliphatic carbocycles. The van der Waals surface area contributed by atoms with Crippen molar-refractivity contribution in [3.8, 4) is 11.5 Å². The zero-order chi connectivity index (χ0) is 12.5. The van der Waals surface area contributed by atoms with E-state index in [1.807, 2.05) is 18.2 Å². The molecule has 2 heterocycles. The first-order valence-electron chi connectivity index (χ1n) is 5.39. The van der Waals surface area contributed by atoms with Crippen LogP contribution in [0, 0.1) is 5.82 Å². The Hall–Kier alpha value is -2.56. The molecule has 3 aromatic rings. The van der Waals surface area contributed by atoms with Crippen LogP contribution >= 0.6 is 0 Å². The Kier molecular flexibility index (Phi) is 2.37. The molecule has 0 bridgehead atoms. The van der Waals surface area contributed by atoms with Crippen LogP contribution in [0.25, 0.3) is 5.52 Å². The highest BCUT2D eigenvalue weighted by Crippen LogP contribution is 2.28. The van der Waals surface area contributed by atoms with Gasteiger partial charge in [0.1, 0.15) is 5.52 Å². The smallest absolute Gasteiger partial charge is 0.173 e. The molecule has 0 radical (unpaired) electrons. The molecule has 0 aliphatic heterocycles. The molecule has 90 valence electrons. The molecule has 0 saturated heterocycles. The fourth-order valence-electron chi connectivity index (χ4n) is 1.71. The van der Waals surface area contributed by atoms with Gasteiger partial charge < -0.3 is 10.5 Å². The Morgan fingerprint density at radius 2 is 2.06 bits per heavy atom. The highest BCUT2D eigenvalue weighted by Gasteiger charge is 2.09. The minimum Gasteiger partial charge on any atom is -0.450 e. The fraction of sp³-hybridized carbons (Fsp3) is 0. The summed E-state index contributed by atoms with van der Waals surface area (Å²) in [7, 11) is 0. The number of hydrogen-bond donors (Lipinski definition) is 1. The second-order valence-corrected chi connectivity index (χ2v) is 3.83. The summed E-state index contributed by atoms with van der Waals surface area (Å²) in [6, 6.07) is 9.87. The van der Waals surface area contributed by atoms with Crippen molar-refractivity contribution in [3.05, 3.63) is 54.6 Å². The first kappa shape index (κ1) is 10.6. The molecule has 0 aliphatic rings. The maximum absolute atomic E-state index is 13.6. The first-order valence-corrected chi connectivity index (χ1v) is 5.39. The van der Waals surface area contributed by atoms with Crippen LogP contribution in [0.4, 0.5) is 10.1 Å². The van der Waals surface area contributed by atoms with Crippen molar-refractivity contribution in [2.24, 2.45) is 0 Å². The molecule has 5 heteroatoms. The molecule has 18 heavy (non-hydrogen) atoms. The van der Waals surface area contributed by atoms with E-state index < -0.39 is 5.82 Å². The number of aromatic nitrogens is 2. The lowest BCUT2D eigenvalue weighted by Crippen LogP contribution is -1.91. The molecule has 2 aromatic heterocycles. The Labute approximate surface area is 102 Å². The molecule has 0 spiro atoms. The van der Waals surface area contributed by atoms with Crippen molar-refractivity contribution in [2.75, 3.05) is 5.73 Å². The third-order valence-corrected chi connectivity index (χ3v) is 2.57. The van der Waals surface area contributed by atoms with Gasteiger partial charge in [-0.1, -0.05) is 6.07 Å². The number of halogens is 1. The van der Waals surface area contributed by atoms with Crippen LogP contribution in [0.3, 0.4) is 0 Å². The van der Waals surface area contributed by atoms with Gasteiger partial charge in [0.25, 0.3) is 0 Å². The van der Waals surface area contributed by atoms with Gasteiger partial charge in [-0.25, -0.2) is 8.91 Å². The van der Waals surface area contributed by atoms with Crippen molar-refractivity contribution < 1.29 is 9.13 Å². The number of benzene rings is 1. The van der Waals surface area contributed by atoms with E-state index in [2.05, 4.69) is 5.10 Å². The van der Waals surface area contributed by atoms with Gasteiger partial charge in [0.2, 0.25) is 0 Å². The van der Waals surface area contributed by atoms with Crippen molar-refractivity contribution >= 4 is 11.2 Å². The highest BCUT2D eigenvalue weighted by atomic mass is 19.1. The second kappa shape index (κ2) is 4.03. The Morgan fingerprint density at radius 3 is 2.89 bits per heavy atom. The van der Waals surface area contributed by atoms with Crippen LogP contribution in [0.15, 0.2) is 48.8 Å². The zero-order valence-electron chi connectivity index (χ0n) is 9.38. The van der Waals surface area contributed by atoms with E-state index in [1.54, 1.807) is 23.0 Å². The van der Waals surface area contributed by atoms with Crippen LogP contribution in [0.5, 0.6) is 11.5 Å². The minimum absolute atomic E-state index is 0.128. The SMILES string of the molecule is Nc1ccc(Oc2cnn3ccccc23)c(F)c1. The molecular weight excluding hydrogens is 233 g/mol. The summed E-state index contributed by atoms with van der Waals surface area (Å²) in [5, 5.41) is 4.11. The molecule has 1 aromatic carbocycles. The summed E-state index contributed by atoms with van der Waals surface area (Å²) in [4.78, 5) is 0. The highest BCUT2D eigenvalue weighted by molar-refractivity contribution is 5.60. The summed E-state index contributed by atoms with van der Waals surface area (Å²) in [5.74, 6) is 0.132. The Balaban J connectivity index is 2.01. The van der Waals surface area contributed by atoms with Crippen molar-refractivity contribution in [1.82, 2.24) is 9.61 Å². The van der Waals surface area contributed by atoms with E-state index in [-0.39, 0.29) is 5.75 Å². The molecule has 2 N–H and O–H groups in total. The average molecular weight is 243 g/mol. The second-order valence-electron chi connectivity index (χ2n) is 3.83. The zero-order valence-corrected chi connectivity index (χ0v) is 9.38. The number of rotatable bonds is 2.